The van der Waals surface area contributed by atoms with E-state index in [0.717, 1.165) is 24.8 Å². The number of aryl methyl sites for hydroxylation is 1. The van der Waals surface area contributed by atoms with Gasteiger partial charge in [0.15, 0.2) is 11.6 Å². The van der Waals surface area contributed by atoms with Crippen molar-refractivity contribution >= 4 is 5.82 Å². The summed E-state index contributed by atoms with van der Waals surface area (Å²) in [6, 6.07) is 4.00. The predicted octanol–water partition coefficient (Wildman–Crippen LogP) is 3.11. The number of anilines is 1. The molecule has 0 bridgehead atoms. The van der Waals surface area contributed by atoms with Gasteiger partial charge in [0, 0.05) is 25.0 Å². The molecule has 2 rings (SSSR count). The van der Waals surface area contributed by atoms with Gasteiger partial charge in [-0.1, -0.05) is 19.8 Å². The second-order valence-electron chi connectivity index (χ2n) is 5.77. The van der Waals surface area contributed by atoms with Crippen LogP contribution in [0.4, 0.5) is 5.82 Å². The average Bonchev–Trinajstić information content (AvgIpc) is 2.60. The van der Waals surface area contributed by atoms with Gasteiger partial charge in [0.05, 0.1) is 6.20 Å². The summed E-state index contributed by atoms with van der Waals surface area (Å²) in [4.78, 5) is 12.7. The normalized spacial score (nSPS) is 12.0. The van der Waals surface area contributed by atoms with Crippen molar-refractivity contribution in [2.24, 2.45) is 0 Å². The third kappa shape index (κ3) is 5.77. The Morgan fingerprint density at radius 1 is 1.25 bits per heavy atom. The first-order valence-electron chi connectivity index (χ1n) is 8.45. The first-order chi connectivity index (χ1) is 11.7. The minimum Gasteiger partial charge on any atom is -0.483 e. The molecule has 0 aliphatic rings. The monoisotopic (exact) mass is 330 g/mol. The summed E-state index contributed by atoms with van der Waals surface area (Å²) in [6.45, 7) is 4.60. The van der Waals surface area contributed by atoms with Crippen molar-refractivity contribution in [3.05, 3.63) is 42.1 Å². The minimum atomic E-state index is 0.151. The lowest BCUT2D eigenvalue weighted by Crippen LogP contribution is -2.22. The van der Waals surface area contributed by atoms with Crippen molar-refractivity contribution in [3.8, 4) is 5.75 Å². The quantitative estimate of drug-likeness (QED) is 0.697. The highest BCUT2D eigenvalue weighted by molar-refractivity contribution is 5.49. The zero-order valence-corrected chi connectivity index (χ0v) is 14.4. The minimum absolute atomic E-state index is 0.151. The summed E-state index contributed by atoms with van der Waals surface area (Å²) >= 11 is 0. The maximum Gasteiger partial charge on any atom is 0.180 e. The fraction of sp³-hybridized carbons (Fsp3) is 0.500. The number of aliphatic hydroxyl groups is 1. The van der Waals surface area contributed by atoms with Gasteiger partial charge in [-0.2, -0.15) is 0 Å². The summed E-state index contributed by atoms with van der Waals surface area (Å²) in [6.07, 6.45) is 9.09. The van der Waals surface area contributed by atoms with E-state index in [0.29, 0.717) is 30.4 Å². The molecule has 0 radical (unpaired) electrons. The molecule has 2 N–H and O–H groups in total. The SMILES string of the molecule is CCCC[C@@H](CCO)Nc1nc(C)ncc1OCc1ccncc1. The molecule has 0 aliphatic carbocycles. The van der Waals surface area contributed by atoms with E-state index in [1.807, 2.05) is 19.1 Å². The number of unbranched alkanes of at least 4 members (excludes halogenated alkanes) is 1. The van der Waals surface area contributed by atoms with Crippen LogP contribution in [0.25, 0.3) is 0 Å². The zero-order chi connectivity index (χ0) is 17.2. The summed E-state index contributed by atoms with van der Waals surface area (Å²) in [5, 5.41) is 12.7. The van der Waals surface area contributed by atoms with E-state index in [-0.39, 0.29) is 12.6 Å². The third-order valence-corrected chi connectivity index (χ3v) is 3.74. The second-order valence-corrected chi connectivity index (χ2v) is 5.77. The van der Waals surface area contributed by atoms with Crippen molar-refractivity contribution in [1.29, 1.82) is 0 Å². The second kappa shape index (κ2) is 9.82. The van der Waals surface area contributed by atoms with Crippen LogP contribution >= 0.6 is 0 Å². The van der Waals surface area contributed by atoms with Gasteiger partial charge in [0.2, 0.25) is 0 Å². The lowest BCUT2D eigenvalue weighted by Gasteiger charge is -2.20. The molecule has 0 fully saturated rings. The number of nitrogens with zero attached hydrogens (tertiary/aromatic N) is 3. The van der Waals surface area contributed by atoms with Crippen molar-refractivity contribution in [1.82, 2.24) is 15.0 Å². The highest BCUT2D eigenvalue weighted by Crippen LogP contribution is 2.24. The predicted molar refractivity (Wildman–Crippen MR) is 94.0 cm³/mol. The number of aromatic nitrogens is 3. The smallest absolute Gasteiger partial charge is 0.180 e. The molecule has 6 heteroatoms. The first kappa shape index (κ1) is 18.1. The van der Waals surface area contributed by atoms with Gasteiger partial charge in [-0.15, -0.1) is 0 Å². The van der Waals surface area contributed by atoms with Crippen molar-refractivity contribution in [3.63, 3.8) is 0 Å². The van der Waals surface area contributed by atoms with Crippen LogP contribution in [-0.4, -0.2) is 32.7 Å². The highest BCUT2D eigenvalue weighted by atomic mass is 16.5. The molecule has 0 aromatic carbocycles. The molecule has 6 nitrogen and oxygen atoms in total. The van der Waals surface area contributed by atoms with Gasteiger partial charge >= 0.3 is 0 Å². The number of hydrogen-bond donors (Lipinski definition) is 2. The molecule has 0 spiro atoms. The van der Waals surface area contributed by atoms with Gasteiger partial charge in [-0.25, -0.2) is 9.97 Å². The molecule has 0 unspecified atom stereocenters. The third-order valence-electron chi connectivity index (χ3n) is 3.74. The van der Waals surface area contributed by atoms with E-state index >= 15 is 0 Å². The molecule has 0 saturated carbocycles. The number of ether oxygens (including phenoxy) is 1. The number of hydrogen-bond acceptors (Lipinski definition) is 6. The van der Waals surface area contributed by atoms with Crippen molar-refractivity contribution in [2.75, 3.05) is 11.9 Å². The Balaban J connectivity index is 2.08. The van der Waals surface area contributed by atoms with E-state index in [1.165, 1.54) is 0 Å². The van der Waals surface area contributed by atoms with Crippen LogP contribution in [0, 0.1) is 6.92 Å². The molecule has 24 heavy (non-hydrogen) atoms. The van der Waals surface area contributed by atoms with Crippen LogP contribution in [-0.2, 0) is 6.61 Å². The number of rotatable bonds is 10. The average molecular weight is 330 g/mol. The van der Waals surface area contributed by atoms with Crippen molar-refractivity contribution < 1.29 is 9.84 Å². The Morgan fingerprint density at radius 2 is 2.04 bits per heavy atom. The van der Waals surface area contributed by atoms with Crippen LogP contribution in [0.3, 0.4) is 0 Å². The topological polar surface area (TPSA) is 80.2 Å². The highest BCUT2D eigenvalue weighted by Gasteiger charge is 2.13. The summed E-state index contributed by atoms with van der Waals surface area (Å²) < 4.78 is 5.88. The van der Waals surface area contributed by atoms with Gasteiger partial charge in [-0.05, 0) is 37.5 Å². The van der Waals surface area contributed by atoms with Gasteiger partial charge in [0.1, 0.15) is 12.4 Å². The van der Waals surface area contributed by atoms with Crippen LogP contribution < -0.4 is 10.1 Å². The molecule has 2 aromatic heterocycles. The number of nitrogens with one attached hydrogen (secondary N) is 1. The summed E-state index contributed by atoms with van der Waals surface area (Å²) in [5.74, 6) is 2.00. The standard InChI is InChI=1S/C18H26N4O2/c1-3-4-5-16(8-11-23)22-18-17(12-20-14(2)21-18)24-13-15-6-9-19-10-7-15/h6-7,9-10,12,16,23H,3-5,8,11,13H2,1-2H3,(H,20,21,22)/t16-/m0/s1. The Kier molecular flexibility index (Phi) is 7.42. The maximum atomic E-state index is 9.28. The molecule has 0 saturated heterocycles. The zero-order valence-electron chi connectivity index (χ0n) is 14.4. The Hall–Kier alpha value is -2.21. The largest absolute Gasteiger partial charge is 0.483 e. The molecule has 2 aromatic rings. The van der Waals surface area contributed by atoms with Crippen molar-refractivity contribution in [2.45, 2.75) is 52.2 Å². The Morgan fingerprint density at radius 3 is 2.75 bits per heavy atom. The lowest BCUT2D eigenvalue weighted by atomic mass is 10.1. The fourth-order valence-electron chi connectivity index (χ4n) is 2.40. The lowest BCUT2D eigenvalue weighted by molar-refractivity contribution is 0.275. The summed E-state index contributed by atoms with van der Waals surface area (Å²) in [7, 11) is 0. The molecule has 2 heterocycles. The Labute approximate surface area is 143 Å². The van der Waals surface area contributed by atoms with E-state index in [4.69, 9.17) is 4.74 Å². The fourth-order valence-corrected chi connectivity index (χ4v) is 2.40. The number of aliphatic hydroxyl groups excluding tert-OH is 1. The van der Waals surface area contributed by atoms with Gasteiger partial charge in [0.25, 0.3) is 0 Å². The summed E-state index contributed by atoms with van der Waals surface area (Å²) in [5.41, 5.74) is 1.04. The van der Waals surface area contributed by atoms with Crippen LogP contribution in [0.1, 0.15) is 44.0 Å². The number of pyridine rings is 1. The molecular weight excluding hydrogens is 304 g/mol. The van der Waals surface area contributed by atoms with E-state index in [2.05, 4.69) is 27.2 Å². The van der Waals surface area contributed by atoms with Gasteiger partial charge in [-0.3, -0.25) is 4.98 Å². The maximum absolute atomic E-state index is 9.28. The molecular formula is C18H26N4O2. The van der Waals surface area contributed by atoms with Crippen LogP contribution in [0.2, 0.25) is 0 Å². The van der Waals surface area contributed by atoms with Crippen LogP contribution in [0.5, 0.6) is 5.75 Å². The molecule has 0 aliphatic heterocycles. The van der Waals surface area contributed by atoms with E-state index in [9.17, 15) is 5.11 Å². The molecule has 0 amide bonds. The molecule has 130 valence electrons. The first-order valence-corrected chi connectivity index (χ1v) is 8.45. The Bertz CT molecular complexity index is 607. The van der Waals surface area contributed by atoms with E-state index in [1.54, 1.807) is 18.6 Å². The van der Waals surface area contributed by atoms with Gasteiger partial charge < -0.3 is 15.2 Å². The van der Waals surface area contributed by atoms with E-state index < -0.39 is 0 Å². The molecule has 1 atom stereocenters. The van der Waals surface area contributed by atoms with Crippen LogP contribution in [0.15, 0.2) is 30.7 Å².